The van der Waals surface area contributed by atoms with E-state index in [1.54, 1.807) is 12.1 Å². The molecule has 3 rings (SSSR count). The number of anilines is 2. The molecule has 2 amide bonds. The second-order valence-electron chi connectivity index (χ2n) is 6.23. The van der Waals surface area contributed by atoms with Crippen LogP contribution in [-0.2, 0) is 9.59 Å². The molecule has 0 saturated heterocycles. The lowest BCUT2D eigenvalue weighted by molar-refractivity contribution is -0.116. The average Bonchev–Trinajstić information content (AvgIpc) is 2.70. The highest BCUT2D eigenvalue weighted by molar-refractivity contribution is 8.00. The summed E-state index contributed by atoms with van der Waals surface area (Å²) in [6.45, 7) is 1.44. The van der Waals surface area contributed by atoms with Gasteiger partial charge in [0.05, 0.1) is 5.02 Å². The molecular weight excluding hydrogens is 411 g/mol. The number of thioether (sulfide) groups is 1. The highest BCUT2D eigenvalue weighted by Crippen LogP contribution is 2.37. The predicted octanol–water partition coefficient (Wildman–Crippen LogP) is 5.91. The van der Waals surface area contributed by atoms with E-state index in [0.29, 0.717) is 11.4 Å². The molecule has 0 aliphatic rings. The molecular formula is C22H18ClFN2O2S. The monoisotopic (exact) mass is 428 g/mol. The number of benzene rings is 3. The SMILES string of the molecule is CC(=O)Nc1ccc(SC(C(=O)Nc2ccc(F)c(Cl)c2)c2ccccc2)cc1. The molecule has 29 heavy (non-hydrogen) atoms. The van der Waals surface area contributed by atoms with Crippen molar-refractivity contribution in [3.05, 3.63) is 89.2 Å². The predicted molar refractivity (Wildman–Crippen MR) is 116 cm³/mol. The van der Waals surface area contributed by atoms with Crippen LogP contribution in [0.15, 0.2) is 77.7 Å². The summed E-state index contributed by atoms with van der Waals surface area (Å²) in [5, 5.41) is 4.92. The Hall–Kier alpha value is -2.83. The fraction of sp³-hybridized carbons (Fsp3) is 0.0909. The number of rotatable bonds is 6. The molecule has 4 nitrogen and oxygen atoms in total. The van der Waals surface area contributed by atoms with Crippen molar-refractivity contribution in [2.75, 3.05) is 10.6 Å². The van der Waals surface area contributed by atoms with Crippen LogP contribution in [-0.4, -0.2) is 11.8 Å². The standard InChI is InChI=1S/C22H18ClFN2O2S/c1-14(27)25-16-7-10-18(11-8-16)29-21(15-5-3-2-4-6-15)22(28)26-17-9-12-20(24)19(23)13-17/h2-13,21H,1H3,(H,25,27)(H,26,28). The first kappa shape index (κ1) is 20.9. The molecule has 0 saturated carbocycles. The van der Waals surface area contributed by atoms with Gasteiger partial charge in [-0.3, -0.25) is 9.59 Å². The van der Waals surface area contributed by atoms with Crippen LogP contribution in [0.1, 0.15) is 17.7 Å². The number of amides is 2. The van der Waals surface area contributed by atoms with Crippen molar-refractivity contribution in [2.45, 2.75) is 17.1 Å². The Morgan fingerprint density at radius 2 is 1.59 bits per heavy atom. The van der Waals surface area contributed by atoms with E-state index in [1.165, 1.54) is 36.9 Å². The number of halogens is 2. The Morgan fingerprint density at radius 1 is 0.931 bits per heavy atom. The minimum Gasteiger partial charge on any atom is -0.326 e. The third-order valence-electron chi connectivity index (χ3n) is 3.96. The molecule has 148 valence electrons. The topological polar surface area (TPSA) is 58.2 Å². The van der Waals surface area contributed by atoms with Gasteiger partial charge in [0.1, 0.15) is 11.1 Å². The molecule has 0 heterocycles. The van der Waals surface area contributed by atoms with Crippen molar-refractivity contribution >= 4 is 46.6 Å². The number of hydrogen-bond donors (Lipinski definition) is 2. The maximum absolute atomic E-state index is 13.4. The summed E-state index contributed by atoms with van der Waals surface area (Å²) in [6, 6.07) is 20.7. The summed E-state index contributed by atoms with van der Waals surface area (Å²) in [5.41, 5.74) is 1.93. The zero-order chi connectivity index (χ0) is 20.8. The number of hydrogen-bond acceptors (Lipinski definition) is 3. The zero-order valence-corrected chi connectivity index (χ0v) is 17.1. The second-order valence-corrected chi connectivity index (χ2v) is 7.82. The van der Waals surface area contributed by atoms with Gasteiger partial charge in [-0.1, -0.05) is 41.9 Å². The Balaban J connectivity index is 1.82. The molecule has 0 bridgehead atoms. The van der Waals surface area contributed by atoms with Gasteiger partial charge in [0.2, 0.25) is 11.8 Å². The molecule has 7 heteroatoms. The van der Waals surface area contributed by atoms with Crippen molar-refractivity contribution in [1.29, 1.82) is 0 Å². The van der Waals surface area contributed by atoms with Gasteiger partial charge in [0.15, 0.2) is 0 Å². The lowest BCUT2D eigenvalue weighted by Gasteiger charge is -2.17. The van der Waals surface area contributed by atoms with Crippen LogP contribution < -0.4 is 10.6 Å². The highest BCUT2D eigenvalue weighted by atomic mass is 35.5. The van der Waals surface area contributed by atoms with Crippen molar-refractivity contribution in [1.82, 2.24) is 0 Å². The van der Waals surface area contributed by atoms with Crippen LogP contribution in [0.2, 0.25) is 5.02 Å². The Bertz CT molecular complexity index is 1010. The van der Waals surface area contributed by atoms with Crippen molar-refractivity contribution in [2.24, 2.45) is 0 Å². The first-order valence-electron chi connectivity index (χ1n) is 8.77. The molecule has 2 N–H and O–H groups in total. The number of carbonyl (C=O) groups excluding carboxylic acids is 2. The quantitative estimate of drug-likeness (QED) is 0.480. The summed E-state index contributed by atoms with van der Waals surface area (Å²) in [7, 11) is 0. The van der Waals surface area contributed by atoms with E-state index >= 15 is 0 Å². The van der Waals surface area contributed by atoms with Gasteiger partial charge in [0, 0.05) is 23.2 Å². The molecule has 0 spiro atoms. The number of nitrogens with one attached hydrogen (secondary N) is 2. The largest absolute Gasteiger partial charge is 0.326 e. The van der Waals surface area contributed by atoms with Crippen molar-refractivity contribution in [3.8, 4) is 0 Å². The lowest BCUT2D eigenvalue weighted by Crippen LogP contribution is -2.19. The first-order chi connectivity index (χ1) is 13.9. The average molecular weight is 429 g/mol. The molecule has 0 aromatic heterocycles. The Kier molecular flexibility index (Phi) is 6.90. The Labute approximate surface area is 177 Å². The smallest absolute Gasteiger partial charge is 0.242 e. The van der Waals surface area contributed by atoms with E-state index in [1.807, 2.05) is 42.5 Å². The third kappa shape index (κ3) is 5.82. The van der Waals surface area contributed by atoms with Gasteiger partial charge in [-0.25, -0.2) is 4.39 Å². The van der Waals surface area contributed by atoms with Gasteiger partial charge >= 0.3 is 0 Å². The van der Waals surface area contributed by atoms with Crippen LogP contribution in [0.4, 0.5) is 15.8 Å². The van der Waals surface area contributed by atoms with Gasteiger partial charge in [-0.2, -0.15) is 0 Å². The molecule has 1 atom stereocenters. The molecule has 3 aromatic rings. The van der Waals surface area contributed by atoms with E-state index in [9.17, 15) is 14.0 Å². The van der Waals surface area contributed by atoms with E-state index in [4.69, 9.17) is 11.6 Å². The minimum absolute atomic E-state index is 0.0553. The Morgan fingerprint density at radius 3 is 2.21 bits per heavy atom. The minimum atomic E-state index is -0.544. The summed E-state index contributed by atoms with van der Waals surface area (Å²) >= 11 is 7.19. The first-order valence-corrected chi connectivity index (χ1v) is 10.0. The molecule has 3 aromatic carbocycles. The second kappa shape index (κ2) is 9.58. The van der Waals surface area contributed by atoms with Crippen LogP contribution >= 0.6 is 23.4 Å². The third-order valence-corrected chi connectivity index (χ3v) is 5.51. The molecule has 1 unspecified atom stereocenters. The van der Waals surface area contributed by atoms with Crippen LogP contribution in [0, 0.1) is 5.82 Å². The van der Waals surface area contributed by atoms with E-state index in [0.717, 1.165) is 10.5 Å². The maximum Gasteiger partial charge on any atom is 0.242 e. The van der Waals surface area contributed by atoms with Gasteiger partial charge in [0.25, 0.3) is 0 Å². The molecule has 0 fully saturated rings. The van der Waals surface area contributed by atoms with Gasteiger partial charge in [-0.05, 0) is 48.0 Å². The van der Waals surface area contributed by atoms with E-state index < -0.39 is 11.1 Å². The highest BCUT2D eigenvalue weighted by Gasteiger charge is 2.22. The summed E-state index contributed by atoms with van der Waals surface area (Å²) in [4.78, 5) is 25.0. The normalized spacial score (nSPS) is 11.6. The lowest BCUT2D eigenvalue weighted by atomic mass is 10.1. The molecule has 0 aliphatic heterocycles. The van der Waals surface area contributed by atoms with E-state index in [-0.39, 0.29) is 16.8 Å². The van der Waals surface area contributed by atoms with Crippen molar-refractivity contribution < 1.29 is 14.0 Å². The van der Waals surface area contributed by atoms with Gasteiger partial charge < -0.3 is 10.6 Å². The van der Waals surface area contributed by atoms with Crippen LogP contribution in [0.25, 0.3) is 0 Å². The fourth-order valence-electron chi connectivity index (χ4n) is 2.64. The van der Waals surface area contributed by atoms with Crippen molar-refractivity contribution in [3.63, 3.8) is 0 Å². The fourth-order valence-corrected chi connectivity index (χ4v) is 3.84. The van der Waals surface area contributed by atoms with E-state index in [2.05, 4.69) is 10.6 Å². The van der Waals surface area contributed by atoms with Gasteiger partial charge in [-0.15, -0.1) is 11.8 Å². The number of carbonyl (C=O) groups is 2. The molecule has 0 aliphatic carbocycles. The molecule has 0 radical (unpaired) electrons. The van der Waals surface area contributed by atoms with Crippen LogP contribution in [0.3, 0.4) is 0 Å². The van der Waals surface area contributed by atoms with Crippen LogP contribution in [0.5, 0.6) is 0 Å². The zero-order valence-electron chi connectivity index (χ0n) is 15.5. The summed E-state index contributed by atoms with van der Waals surface area (Å²) in [6.07, 6.45) is 0. The maximum atomic E-state index is 13.4. The summed E-state index contributed by atoms with van der Waals surface area (Å²) < 4.78 is 13.4. The summed E-state index contributed by atoms with van der Waals surface area (Å²) in [5.74, 6) is -0.947.